The maximum Gasteiger partial charge on any atom is 0.319 e. The lowest BCUT2D eigenvalue weighted by Gasteiger charge is -2.11. The van der Waals surface area contributed by atoms with Gasteiger partial charge >= 0.3 is 6.03 Å². The number of ether oxygens (including phenoxy) is 1. The molecule has 0 radical (unpaired) electrons. The van der Waals surface area contributed by atoms with E-state index >= 15 is 0 Å². The zero-order chi connectivity index (χ0) is 11.8. The molecule has 1 aromatic rings. The predicted molar refractivity (Wildman–Crippen MR) is 61.3 cm³/mol. The number of urea groups is 1. The van der Waals surface area contributed by atoms with Crippen molar-refractivity contribution in [3.05, 3.63) is 30.3 Å². The monoisotopic (exact) mass is 224 g/mol. The van der Waals surface area contributed by atoms with Crippen molar-refractivity contribution >= 4 is 11.7 Å². The second-order valence-electron chi connectivity index (χ2n) is 3.31. The first-order chi connectivity index (χ1) is 7.72. The van der Waals surface area contributed by atoms with Crippen LogP contribution in [0, 0.1) is 0 Å². The zero-order valence-electron chi connectivity index (χ0n) is 9.14. The molecule has 0 fully saturated rings. The van der Waals surface area contributed by atoms with E-state index in [1.165, 1.54) is 7.11 Å². The number of hydrogen-bond donors (Lipinski definition) is 3. The molecule has 1 aromatic carbocycles. The Morgan fingerprint density at radius 1 is 1.44 bits per heavy atom. The van der Waals surface area contributed by atoms with Gasteiger partial charge in [0.05, 0.1) is 12.7 Å². The summed E-state index contributed by atoms with van der Waals surface area (Å²) in [6, 6.07) is 8.74. The van der Waals surface area contributed by atoms with Crippen LogP contribution < -0.4 is 10.6 Å². The van der Waals surface area contributed by atoms with Crippen LogP contribution in [-0.4, -0.2) is 37.5 Å². The number of rotatable bonds is 5. The minimum absolute atomic E-state index is 0.159. The van der Waals surface area contributed by atoms with Crippen LogP contribution in [0.1, 0.15) is 0 Å². The highest BCUT2D eigenvalue weighted by atomic mass is 16.5. The van der Waals surface area contributed by atoms with E-state index in [2.05, 4.69) is 10.6 Å². The lowest BCUT2D eigenvalue weighted by molar-refractivity contribution is 0.0663. The maximum absolute atomic E-state index is 11.3. The van der Waals surface area contributed by atoms with Gasteiger partial charge in [0.25, 0.3) is 0 Å². The molecule has 3 N–H and O–H groups in total. The number of aliphatic hydroxyl groups is 1. The predicted octanol–water partition coefficient (Wildman–Crippen LogP) is 0.815. The molecule has 0 saturated carbocycles. The van der Waals surface area contributed by atoms with Crippen LogP contribution in [0.2, 0.25) is 0 Å². The van der Waals surface area contributed by atoms with Crippen molar-refractivity contribution in [2.75, 3.05) is 25.6 Å². The van der Waals surface area contributed by atoms with Crippen LogP contribution >= 0.6 is 0 Å². The number of methoxy groups -OCH3 is 1. The Kier molecular flexibility index (Phi) is 5.31. The number of anilines is 1. The fourth-order valence-electron chi connectivity index (χ4n) is 1.16. The highest BCUT2D eigenvalue weighted by Crippen LogP contribution is 2.03. The van der Waals surface area contributed by atoms with Crippen molar-refractivity contribution in [2.24, 2.45) is 0 Å². The first-order valence-electron chi connectivity index (χ1n) is 4.99. The smallest absolute Gasteiger partial charge is 0.319 e. The maximum atomic E-state index is 11.3. The average molecular weight is 224 g/mol. The number of para-hydroxylation sites is 1. The van der Waals surface area contributed by atoms with E-state index in [9.17, 15) is 9.90 Å². The molecule has 0 unspecified atom stereocenters. The molecule has 0 bridgehead atoms. The lowest BCUT2D eigenvalue weighted by atomic mass is 10.3. The third-order valence-corrected chi connectivity index (χ3v) is 1.89. The van der Waals surface area contributed by atoms with Gasteiger partial charge in [-0.25, -0.2) is 4.79 Å². The molecule has 1 rings (SSSR count). The summed E-state index contributed by atoms with van der Waals surface area (Å²) in [4.78, 5) is 11.3. The van der Waals surface area contributed by atoms with E-state index in [4.69, 9.17) is 4.74 Å². The fourth-order valence-corrected chi connectivity index (χ4v) is 1.16. The number of aliphatic hydroxyl groups excluding tert-OH is 1. The van der Waals surface area contributed by atoms with E-state index in [0.717, 1.165) is 0 Å². The molecule has 2 amide bonds. The van der Waals surface area contributed by atoms with Crippen LogP contribution in [0.15, 0.2) is 30.3 Å². The van der Waals surface area contributed by atoms with Gasteiger partial charge in [-0.3, -0.25) is 0 Å². The van der Waals surface area contributed by atoms with Gasteiger partial charge < -0.3 is 20.5 Å². The third-order valence-electron chi connectivity index (χ3n) is 1.89. The molecule has 0 aliphatic rings. The van der Waals surface area contributed by atoms with Gasteiger partial charge in [0.15, 0.2) is 0 Å². The van der Waals surface area contributed by atoms with Crippen molar-refractivity contribution in [3.8, 4) is 0 Å². The molecule has 1 atom stereocenters. The summed E-state index contributed by atoms with van der Waals surface area (Å²) in [7, 11) is 1.49. The van der Waals surface area contributed by atoms with Crippen LogP contribution in [0.25, 0.3) is 0 Å². The van der Waals surface area contributed by atoms with E-state index in [1.807, 2.05) is 18.2 Å². The van der Waals surface area contributed by atoms with Gasteiger partial charge in [-0.1, -0.05) is 18.2 Å². The topological polar surface area (TPSA) is 70.6 Å². The van der Waals surface area contributed by atoms with E-state index in [-0.39, 0.29) is 19.2 Å². The van der Waals surface area contributed by atoms with Gasteiger partial charge in [0.2, 0.25) is 0 Å². The Morgan fingerprint density at radius 3 is 2.75 bits per heavy atom. The quantitative estimate of drug-likeness (QED) is 0.693. The normalized spacial score (nSPS) is 11.9. The van der Waals surface area contributed by atoms with E-state index in [1.54, 1.807) is 12.1 Å². The second kappa shape index (κ2) is 6.81. The van der Waals surface area contributed by atoms with Gasteiger partial charge in [-0.15, -0.1) is 0 Å². The van der Waals surface area contributed by atoms with Crippen LogP contribution in [0.5, 0.6) is 0 Å². The molecule has 5 nitrogen and oxygen atoms in total. The second-order valence-corrected chi connectivity index (χ2v) is 3.31. The summed E-state index contributed by atoms with van der Waals surface area (Å²) >= 11 is 0. The first-order valence-corrected chi connectivity index (χ1v) is 4.99. The molecule has 0 heterocycles. The Labute approximate surface area is 94.4 Å². The Bertz CT molecular complexity index is 316. The number of amides is 2. The molecule has 0 saturated heterocycles. The number of benzene rings is 1. The summed E-state index contributed by atoms with van der Waals surface area (Å²) in [5.41, 5.74) is 0.709. The van der Waals surface area contributed by atoms with Gasteiger partial charge in [-0.2, -0.15) is 0 Å². The summed E-state index contributed by atoms with van der Waals surface area (Å²) in [6.45, 7) is 0.359. The summed E-state index contributed by atoms with van der Waals surface area (Å²) in [5, 5.41) is 14.5. The largest absolute Gasteiger partial charge is 0.389 e. The van der Waals surface area contributed by atoms with Crippen LogP contribution in [0.4, 0.5) is 10.5 Å². The summed E-state index contributed by atoms with van der Waals surface area (Å²) < 4.78 is 4.73. The Balaban J connectivity index is 2.26. The molecule has 0 aromatic heterocycles. The minimum Gasteiger partial charge on any atom is -0.389 e. The zero-order valence-corrected chi connectivity index (χ0v) is 9.14. The fraction of sp³-hybridized carbons (Fsp3) is 0.364. The van der Waals surface area contributed by atoms with Gasteiger partial charge in [0.1, 0.15) is 0 Å². The van der Waals surface area contributed by atoms with Crippen molar-refractivity contribution < 1.29 is 14.6 Å². The van der Waals surface area contributed by atoms with Crippen molar-refractivity contribution in [1.82, 2.24) is 5.32 Å². The van der Waals surface area contributed by atoms with Crippen LogP contribution in [-0.2, 0) is 4.74 Å². The van der Waals surface area contributed by atoms with Gasteiger partial charge in [0, 0.05) is 19.3 Å². The van der Waals surface area contributed by atoms with Crippen molar-refractivity contribution in [1.29, 1.82) is 0 Å². The molecule has 0 aliphatic heterocycles. The number of carbonyl (C=O) groups excluding carboxylic acids is 1. The molecular formula is C11H16N2O3. The Morgan fingerprint density at radius 2 is 2.12 bits per heavy atom. The van der Waals surface area contributed by atoms with E-state index in [0.29, 0.717) is 5.69 Å². The number of nitrogens with one attached hydrogen (secondary N) is 2. The van der Waals surface area contributed by atoms with E-state index < -0.39 is 6.10 Å². The SMILES string of the molecule is COC[C@H](O)CNC(=O)Nc1ccccc1. The minimum atomic E-state index is -0.688. The number of hydrogen-bond acceptors (Lipinski definition) is 3. The standard InChI is InChI=1S/C11H16N2O3/c1-16-8-10(14)7-12-11(15)13-9-5-3-2-4-6-9/h2-6,10,14H,7-8H2,1H3,(H2,12,13,15)/t10-/m1/s1. The van der Waals surface area contributed by atoms with Crippen molar-refractivity contribution in [3.63, 3.8) is 0 Å². The lowest BCUT2D eigenvalue weighted by Crippen LogP contribution is -2.36. The average Bonchev–Trinajstić information content (AvgIpc) is 2.28. The highest BCUT2D eigenvalue weighted by Gasteiger charge is 2.06. The molecule has 16 heavy (non-hydrogen) atoms. The summed E-state index contributed by atoms with van der Waals surface area (Å²) in [6.07, 6.45) is -0.688. The van der Waals surface area contributed by atoms with Gasteiger partial charge in [-0.05, 0) is 12.1 Å². The number of carbonyl (C=O) groups is 1. The Hall–Kier alpha value is -1.59. The molecule has 0 aliphatic carbocycles. The van der Waals surface area contributed by atoms with Crippen molar-refractivity contribution in [2.45, 2.75) is 6.10 Å². The third kappa shape index (κ3) is 4.77. The highest BCUT2D eigenvalue weighted by molar-refractivity contribution is 5.89. The summed E-state index contributed by atoms with van der Waals surface area (Å²) in [5.74, 6) is 0. The molecule has 88 valence electrons. The molecule has 0 spiro atoms. The van der Waals surface area contributed by atoms with Crippen LogP contribution in [0.3, 0.4) is 0 Å². The molecule has 5 heteroatoms. The molecular weight excluding hydrogens is 208 g/mol. The first kappa shape index (κ1) is 12.5.